The summed E-state index contributed by atoms with van der Waals surface area (Å²) < 4.78 is 4.80. The van der Waals surface area contributed by atoms with Gasteiger partial charge in [-0.15, -0.1) is 0 Å². The molecule has 0 atom stereocenters. The molecule has 0 radical (unpaired) electrons. The van der Waals surface area contributed by atoms with E-state index in [0.717, 1.165) is 39.5 Å². The first-order valence-electron chi connectivity index (χ1n) is 21.6. The van der Waals surface area contributed by atoms with Crippen LogP contribution in [0.3, 0.4) is 0 Å². The fourth-order valence-corrected chi connectivity index (χ4v) is 9.84. The zero-order valence-corrected chi connectivity index (χ0v) is 34.5. The zero-order chi connectivity index (χ0) is 41.7. The first-order valence-corrected chi connectivity index (χ1v) is 21.6. The van der Waals surface area contributed by atoms with E-state index in [1.807, 2.05) is 0 Å². The third-order valence-electron chi connectivity index (χ3n) is 12.5. The van der Waals surface area contributed by atoms with Crippen molar-refractivity contribution in [3.63, 3.8) is 0 Å². The smallest absolute Gasteiger partial charge is 0.0562 e. The highest BCUT2D eigenvalue weighted by Crippen LogP contribution is 2.50. The molecule has 0 aliphatic carbocycles. The van der Waals surface area contributed by atoms with Crippen LogP contribution >= 0.6 is 0 Å². The number of benzene rings is 10. The van der Waals surface area contributed by atoms with Crippen LogP contribution in [0, 0.1) is 0 Å². The van der Waals surface area contributed by atoms with E-state index < -0.39 is 0 Å². The SMILES string of the molecule is c1ccc(-c2ccccc2-c2c(-c3ccccc3)cccc2N(c2ccc(-n3c4ccccc4c4ccccc43)cc2)c2cccc3c2c2ccccc2n3-c2ccccc2)cc1. The summed E-state index contributed by atoms with van der Waals surface area (Å²) in [6.45, 7) is 0. The average molecular weight is 804 g/mol. The molecule has 12 aromatic rings. The maximum absolute atomic E-state index is 2.50. The molecule has 3 heteroatoms. The highest BCUT2D eigenvalue weighted by molar-refractivity contribution is 6.17. The van der Waals surface area contributed by atoms with Crippen LogP contribution in [0.5, 0.6) is 0 Å². The summed E-state index contributed by atoms with van der Waals surface area (Å²) in [5.74, 6) is 0. The lowest BCUT2D eigenvalue weighted by atomic mass is 9.87. The molecule has 0 aliphatic rings. The number of nitrogens with zero attached hydrogens (tertiary/aromatic N) is 3. The number of rotatable bonds is 8. The Morgan fingerprint density at radius 3 is 1.35 bits per heavy atom. The molecule has 0 amide bonds. The number of hydrogen-bond donors (Lipinski definition) is 0. The second-order valence-corrected chi connectivity index (χ2v) is 16.1. The van der Waals surface area contributed by atoms with Crippen molar-refractivity contribution in [2.45, 2.75) is 0 Å². The standard InChI is InChI=1S/C60H41N3/c1-4-20-42(21-5-1)47-26-10-11-29-51(47)59-48(43-22-6-2-7-23-43)31-18-35-56(59)63(46-40-38-45(39-41-46)61-53-32-15-12-27-49(53)50-28-13-16-33-54(50)61)58-37-19-36-57-60(58)52-30-14-17-34-55(52)62(57)44-24-8-3-9-25-44/h1-41H. The highest BCUT2D eigenvalue weighted by atomic mass is 15.2. The van der Waals surface area contributed by atoms with Gasteiger partial charge in [-0.3, -0.25) is 0 Å². The van der Waals surface area contributed by atoms with E-state index >= 15 is 0 Å². The van der Waals surface area contributed by atoms with Crippen molar-refractivity contribution < 1.29 is 0 Å². The third kappa shape index (κ3) is 6.05. The van der Waals surface area contributed by atoms with Crippen molar-refractivity contribution >= 4 is 60.7 Å². The molecule has 12 rings (SSSR count). The first kappa shape index (κ1) is 36.5. The lowest BCUT2D eigenvalue weighted by molar-refractivity contribution is 1.17. The molecular weight excluding hydrogens is 763 g/mol. The van der Waals surface area contributed by atoms with Crippen LogP contribution in [0.2, 0.25) is 0 Å². The van der Waals surface area contributed by atoms with Crippen molar-refractivity contribution in [2.75, 3.05) is 4.90 Å². The van der Waals surface area contributed by atoms with Gasteiger partial charge in [-0.1, -0.05) is 176 Å². The molecule has 2 aromatic heterocycles. The van der Waals surface area contributed by atoms with Crippen LogP contribution in [0.25, 0.3) is 88.4 Å². The van der Waals surface area contributed by atoms with Crippen LogP contribution in [0.15, 0.2) is 249 Å². The van der Waals surface area contributed by atoms with Crippen LogP contribution in [-0.4, -0.2) is 9.13 Å². The van der Waals surface area contributed by atoms with Gasteiger partial charge in [-0.2, -0.15) is 0 Å². The predicted octanol–water partition coefficient (Wildman–Crippen LogP) is 16.4. The Morgan fingerprint density at radius 1 is 0.270 bits per heavy atom. The maximum Gasteiger partial charge on any atom is 0.0562 e. The first-order chi connectivity index (χ1) is 31.3. The summed E-state index contributed by atoms with van der Waals surface area (Å²) in [5.41, 5.74) is 17.2. The van der Waals surface area contributed by atoms with Crippen molar-refractivity contribution in [2.24, 2.45) is 0 Å². The van der Waals surface area contributed by atoms with Gasteiger partial charge in [0.05, 0.1) is 33.4 Å². The van der Waals surface area contributed by atoms with Gasteiger partial charge < -0.3 is 14.0 Å². The molecule has 0 spiro atoms. The van der Waals surface area contributed by atoms with Crippen molar-refractivity contribution in [3.05, 3.63) is 249 Å². The molecule has 0 fully saturated rings. The van der Waals surface area contributed by atoms with E-state index in [0.29, 0.717) is 0 Å². The number of hydrogen-bond acceptors (Lipinski definition) is 1. The Morgan fingerprint density at radius 2 is 0.698 bits per heavy atom. The monoisotopic (exact) mass is 803 g/mol. The fourth-order valence-electron chi connectivity index (χ4n) is 9.84. The van der Waals surface area contributed by atoms with E-state index in [4.69, 9.17) is 0 Å². The van der Waals surface area contributed by atoms with Crippen LogP contribution in [0.1, 0.15) is 0 Å². The predicted molar refractivity (Wildman–Crippen MR) is 266 cm³/mol. The van der Waals surface area contributed by atoms with E-state index in [-0.39, 0.29) is 0 Å². The van der Waals surface area contributed by atoms with Crippen molar-refractivity contribution in [1.82, 2.24) is 9.13 Å². The Bertz CT molecular complexity index is 3550. The minimum absolute atomic E-state index is 1.06. The van der Waals surface area contributed by atoms with Gasteiger partial charge >= 0.3 is 0 Å². The highest BCUT2D eigenvalue weighted by Gasteiger charge is 2.26. The molecule has 0 bridgehead atoms. The fraction of sp³-hybridized carbons (Fsp3) is 0. The van der Waals surface area contributed by atoms with Crippen molar-refractivity contribution in [3.8, 4) is 44.8 Å². The van der Waals surface area contributed by atoms with Crippen LogP contribution in [-0.2, 0) is 0 Å². The van der Waals surface area contributed by atoms with Gasteiger partial charge in [-0.05, 0) is 101 Å². The Labute approximate surface area is 366 Å². The molecular formula is C60H41N3. The lowest BCUT2D eigenvalue weighted by Crippen LogP contribution is -2.12. The van der Waals surface area contributed by atoms with Gasteiger partial charge in [0.1, 0.15) is 0 Å². The minimum atomic E-state index is 1.06. The quantitative estimate of drug-likeness (QED) is 0.149. The second kappa shape index (κ2) is 15.3. The average Bonchev–Trinajstić information content (AvgIpc) is 3.89. The summed E-state index contributed by atoms with van der Waals surface area (Å²) in [5, 5.41) is 4.89. The molecule has 10 aromatic carbocycles. The summed E-state index contributed by atoms with van der Waals surface area (Å²) in [6, 6.07) is 90.2. The van der Waals surface area contributed by atoms with Gasteiger partial charge in [0.25, 0.3) is 0 Å². The minimum Gasteiger partial charge on any atom is -0.309 e. The van der Waals surface area contributed by atoms with Gasteiger partial charge in [0.2, 0.25) is 0 Å². The van der Waals surface area contributed by atoms with Gasteiger partial charge in [0, 0.05) is 44.2 Å². The largest absolute Gasteiger partial charge is 0.309 e. The Hall–Kier alpha value is -8.40. The molecule has 0 saturated heterocycles. The second-order valence-electron chi connectivity index (χ2n) is 16.1. The summed E-state index contributed by atoms with van der Waals surface area (Å²) >= 11 is 0. The molecule has 0 N–H and O–H groups in total. The normalized spacial score (nSPS) is 11.5. The Balaban J connectivity index is 1.17. The molecule has 0 aliphatic heterocycles. The van der Waals surface area contributed by atoms with Crippen LogP contribution in [0.4, 0.5) is 17.1 Å². The van der Waals surface area contributed by atoms with E-state index in [1.165, 1.54) is 65.9 Å². The zero-order valence-electron chi connectivity index (χ0n) is 34.5. The topological polar surface area (TPSA) is 13.1 Å². The maximum atomic E-state index is 2.50. The van der Waals surface area contributed by atoms with E-state index in [9.17, 15) is 0 Å². The lowest BCUT2D eigenvalue weighted by Gasteiger charge is -2.31. The molecule has 296 valence electrons. The van der Waals surface area contributed by atoms with E-state index in [1.54, 1.807) is 0 Å². The molecule has 0 unspecified atom stereocenters. The number of anilines is 3. The van der Waals surface area contributed by atoms with Gasteiger partial charge in [0.15, 0.2) is 0 Å². The summed E-state index contributed by atoms with van der Waals surface area (Å²) in [6.07, 6.45) is 0. The number of aromatic nitrogens is 2. The number of para-hydroxylation sites is 4. The Kier molecular flexibility index (Phi) is 8.83. The van der Waals surface area contributed by atoms with Crippen molar-refractivity contribution in [1.29, 1.82) is 0 Å². The summed E-state index contributed by atoms with van der Waals surface area (Å²) in [4.78, 5) is 2.50. The summed E-state index contributed by atoms with van der Waals surface area (Å²) in [7, 11) is 0. The number of fused-ring (bicyclic) bond motifs is 6. The van der Waals surface area contributed by atoms with Crippen LogP contribution < -0.4 is 4.90 Å². The van der Waals surface area contributed by atoms with Gasteiger partial charge in [-0.25, -0.2) is 0 Å². The molecule has 63 heavy (non-hydrogen) atoms. The molecule has 0 saturated carbocycles. The van der Waals surface area contributed by atoms with E-state index in [2.05, 4.69) is 263 Å². The third-order valence-corrected chi connectivity index (χ3v) is 12.5. The molecule has 3 nitrogen and oxygen atoms in total. The molecule has 2 heterocycles.